The molecule has 0 heterocycles. The second-order valence-corrected chi connectivity index (χ2v) is 8.17. The maximum absolute atomic E-state index is 13.8. The third-order valence-corrected chi connectivity index (χ3v) is 6.40. The molecule has 0 radical (unpaired) electrons. The molecular formula is C21H21F2N3O3S. The minimum Gasteiger partial charge on any atom is -0.333 e. The summed E-state index contributed by atoms with van der Waals surface area (Å²) in [5, 5.41) is 11.5. The highest BCUT2D eigenvalue weighted by molar-refractivity contribution is 7.89. The predicted molar refractivity (Wildman–Crippen MR) is 108 cm³/mol. The highest BCUT2D eigenvalue weighted by Gasteiger charge is 2.21. The first kappa shape index (κ1) is 23.2. The van der Waals surface area contributed by atoms with Crippen LogP contribution in [0.5, 0.6) is 0 Å². The van der Waals surface area contributed by atoms with E-state index in [1.54, 1.807) is 32.0 Å². The molecule has 0 spiro atoms. The fraction of sp³-hybridized carbons (Fsp3) is 0.238. The van der Waals surface area contributed by atoms with Crippen molar-refractivity contribution in [2.45, 2.75) is 24.8 Å². The van der Waals surface area contributed by atoms with E-state index >= 15 is 0 Å². The molecule has 1 N–H and O–H groups in total. The van der Waals surface area contributed by atoms with Crippen molar-refractivity contribution >= 4 is 22.0 Å². The van der Waals surface area contributed by atoms with Gasteiger partial charge in [-0.15, -0.1) is 0 Å². The molecule has 0 aliphatic carbocycles. The van der Waals surface area contributed by atoms with Gasteiger partial charge in [0.1, 0.15) is 17.7 Å². The molecule has 0 aliphatic rings. The van der Waals surface area contributed by atoms with E-state index in [2.05, 4.69) is 5.32 Å². The number of amides is 1. The van der Waals surface area contributed by atoms with Gasteiger partial charge in [0, 0.05) is 30.8 Å². The minimum absolute atomic E-state index is 0.143. The monoisotopic (exact) mass is 433 g/mol. The Morgan fingerprint density at radius 3 is 2.33 bits per heavy atom. The van der Waals surface area contributed by atoms with Gasteiger partial charge in [-0.05, 0) is 29.8 Å². The normalized spacial score (nSPS) is 12.7. The van der Waals surface area contributed by atoms with Crippen molar-refractivity contribution in [2.24, 2.45) is 0 Å². The first-order valence-electron chi connectivity index (χ1n) is 9.16. The number of benzene rings is 2. The average molecular weight is 433 g/mol. The Morgan fingerprint density at radius 2 is 1.80 bits per heavy atom. The lowest BCUT2D eigenvalue weighted by molar-refractivity contribution is -0.116. The molecule has 1 atom stereocenters. The van der Waals surface area contributed by atoms with Crippen LogP contribution in [0.1, 0.15) is 31.0 Å². The number of nitrogens with one attached hydrogen (secondary N) is 1. The van der Waals surface area contributed by atoms with E-state index in [0.717, 1.165) is 18.2 Å². The summed E-state index contributed by atoms with van der Waals surface area (Å²) in [6.45, 7) is 4.22. The van der Waals surface area contributed by atoms with Gasteiger partial charge in [0.25, 0.3) is 0 Å². The van der Waals surface area contributed by atoms with Crippen LogP contribution in [0.3, 0.4) is 0 Å². The quantitative estimate of drug-likeness (QED) is 0.646. The molecule has 0 saturated carbocycles. The van der Waals surface area contributed by atoms with Gasteiger partial charge >= 0.3 is 0 Å². The molecule has 158 valence electrons. The fourth-order valence-electron chi connectivity index (χ4n) is 2.74. The highest BCUT2D eigenvalue weighted by Crippen LogP contribution is 2.19. The van der Waals surface area contributed by atoms with Gasteiger partial charge < -0.3 is 5.32 Å². The van der Waals surface area contributed by atoms with Crippen molar-refractivity contribution in [3.63, 3.8) is 0 Å². The Balaban J connectivity index is 2.10. The number of rotatable bonds is 8. The van der Waals surface area contributed by atoms with Gasteiger partial charge in [0.2, 0.25) is 15.9 Å². The van der Waals surface area contributed by atoms with Crippen LogP contribution in [-0.4, -0.2) is 31.7 Å². The van der Waals surface area contributed by atoms with Gasteiger partial charge in [-0.1, -0.05) is 32.0 Å². The molecule has 6 nitrogen and oxygen atoms in total. The van der Waals surface area contributed by atoms with E-state index in [4.69, 9.17) is 0 Å². The van der Waals surface area contributed by atoms with Crippen LogP contribution in [0, 0.1) is 23.0 Å². The molecule has 1 unspecified atom stereocenters. The number of carbonyl (C=O) groups is 1. The average Bonchev–Trinajstić information content (AvgIpc) is 2.72. The third kappa shape index (κ3) is 5.49. The van der Waals surface area contributed by atoms with Gasteiger partial charge in [0.05, 0.1) is 11.0 Å². The van der Waals surface area contributed by atoms with Gasteiger partial charge in [-0.3, -0.25) is 4.79 Å². The van der Waals surface area contributed by atoms with E-state index in [1.165, 1.54) is 22.5 Å². The lowest BCUT2D eigenvalue weighted by Gasteiger charge is -2.18. The lowest BCUT2D eigenvalue weighted by atomic mass is 10.1. The summed E-state index contributed by atoms with van der Waals surface area (Å²) in [6, 6.07) is 9.16. The molecule has 2 aromatic rings. The number of halogens is 2. The third-order valence-electron chi connectivity index (χ3n) is 4.34. The topological polar surface area (TPSA) is 90.3 Å². The van der Waals surface area contributed by atoms with Crippen LogP contribution in [-0.2, 0) is 14.8 Å². The summed E-state index contributed by atoms with van der Waals surface area (Å²) in [5.41, 5.74) is 0.414. The Kier molecular flexibility index (Phi) is 7.80. The van der Waals surface area contributed by atoms with Crippen LogP contribution < -0.4 is 5.32 Å². The van der Waals surface area contributed by atoms with Crippen molar-refractivity contribution in [1.29, 1.82) is 5.26 Å². The molecule has 0 bridgehead atoms. The van der Waals surface area contributed by atoms with E-state index in [9.17, 15) is 27.3 Å². The van der Waals surface area contributed by atoms with E-state index in [1.807, 2.05) is 0 Å². The molecule has 1 amide bonds. The van der Waals surface area contributed by atoms with E-state index < -0.39 is 33.6 Å². The Bertz CT molecular complexity index is 1070. The van der Waals surface area contributed by atoms with Crippen LogP contribution in [0.15, 0.2) is 53.4 Å². The van der Waals surface area contributed by atoms with E-state index in [0.29, 0.717) is 24.7 Å². The molecule has 0 aromatic heterocycles. The fourth-order valence-corrected chi connectivity index (χ4v) is 4.20. The summed E-state index contributed by atoms with van der Waals surface area (Å²) in [7, 11) is -3.57. The first-order chi connectivity index (χ1) is 14.2. The first-order valence-corrected chi connectivity index (χ1v) is 10.6. The summed E-state index contributed by atoms with van der Waals surface area (Å²) < 4.78 is 53.1. The zero-order valence-corrected chi connectivity index (χ0v) is 17.3. The van der Waals surface area contributed by atoms with Crippen molar-refractivity contribution < 1.29 is 22.0 Å². The second-order valence-electron chi connectivity index (χ2n) is 6.23. The van der Waals surface area contributed by atoms with Crippen LogP contribution >= 0.6 is 0 Å². The number of hydrogen-bond acceptors (Lipinski definition) is 4. The van der Waals surface area contributed by atoms with Crippen LogP contribution in [0.2, 0.25) is 0 Å². The standard InChI is InChI=1S/C21H21F2N3O3S/c1-3-26(4-2)30(28,29)17-9-5-15(6-10-17)7-12-21(27)25-20(14-24)18-11-8-16(22)13-19(18)23/h5-13,20H,3-4H2,1-2H3,(H,25,27)/b12-7+. The van der Waals surface area contributed by atoms with Gasteiger partial charge in [-0.25, -0.2) is 17.2 Å². The van der Waals surface area contributed by atoms with Crippen molar-refractivity contribution in [3.05, 3.63) is 71.3 Å². The number of nitrogens with zero attached hydrogens (tertiary/aromatic N) is 2. The molecule has 0 aliphatic heterocycles. The Morgan fingerprint density at radius 1 is 1.17 bits per heavy atom. The largest absolute Gasteiger partial charge is 0.333 e. The zero-order chi connectivity index (χ0) is 22.3. The van der Waals surface area contributed by atoms with E-state index in [-0.39, 0.29) is 10.5 Å². The Labute approximate surface area is 174 Å². The predicted octanol–water partition coefficient (Wildman–Crippen LogP) is 3.39. The minimum atomic E-state index is -3.57. The van der Waals surface area contributed by atoms with Crippen molar-refractivity contribution in [2.75, 3.05) is 13.1 Å². The van der Waals surface area contributed by atoms with Crippen LogP contribution in [0.25, 0.3) is 6.08 Å². The molecule has 0 saturated heterocycles. The highest BCUT2D eigenvalue weighted by atomic mass is 32.2. The zero-order valence-electron chi connectivity index (χ0n) is 16.5. The lowest BCUT2D eigenvalue weighted by Crippen LogP contribution is -2.30. The maximum atomic E-state index is 13.8. The summed E-state index contributed by atoms with van der Waals surface area (Å²) in [5.74, 6) is -2.38. The summed E-state index contributed by atoms with van der Waals surface area (Å²) in [6.07, 6.45) is 2.57. The summed E-state index contributed by atoms with van der Waals surface area (Å²) in [4.78, 5) is 12.2. The molecule has 2 aromatic carbocycles. The number of sulfonamides is 1. The van der Waals surface area contributed by atoms with Crippen molar-refractivity contribution in [1.82, 2.24) is 9.62 Å². The molecular weight excluding hydrogens is 412 g/mol. The molecule has 2 rings (SSSR count). The maximum Gasteiger partial charge on any atom is 0.245 e. The number of hydrogen-bond donors (Lipinski definition) is 1. The SMILES string of the molecule is CCN(CC)S(=O)(=O)c1ccc(/C=C/C(=O)NC(C#N)c2ccc(F)cc2F)cc1. The van der Waals surface area contributed by atoms with Gasteiger partial charge in [0.15, 0.2) is 0 Å². The van der Waals surface area contributed by atoms with Crippen molar-refractivity contribution in [3.8, 4) is 6.07 Å². The van der Waals surface area contributed by atoms with Crippen LogP contribution in [0.4, 0.5) is 8.78 Å². The molecule has 30 heavy (non-hydrogen) atoms. The Hall–Kier alpha value is -3.09. The smallest absolute Gasteiger partial charge is 0.245 e. The second kappa shape index (κ2) is 10.1. The number of nitriles is 1. The summed E-state index contributed by atoms with van der Waals surface area (Å²) >= 11 is 0. The van der Waals surface area contributed by atoms with Gasteiger partial charge in [-0.2, -0.15) is 9.57 Å². The number of carbonyl (C=O) groups excluding carboxylic acids is 1. The molecule has 9 heteroatoms. The molecule has 0 fully saturated rings.